The molecule has 0 aromatic heterocycles. The Hall–Kier alpha value is -0.650. The van der Waals surface area contributed by atoms with Crippen molar-refractivity contribution in [2.24, 2.45) is 0 Å². The maximum atomic E-state index is 9.45. The summed E-state index contributed by atoms with van der Waals surface area (Å²) < 4.78 is 0. The maximum Gasteiger partial charge on any atom is 0.332 e. The van der Waals surface area contributed by atoms with Crippen LogP contribution in [0.4, 0.5) is 0 Å². The summed E-state index contributed by atoms with van der Waals surface area (Å²) in [5, 5.41) is 19.0. The highest BCUT2D eigenvalue weighted by atomic mass is 16.4. The first-order valence-electron chi connectivity index (χ1n) is 4.34. The average molecular weight is 190 g/mol. The van der Waals surface area contributed by atoms with E-state index < -0.39 is 12.1 Å². The summed E-state index contributed by atoms with van der Waals surface area (Å²) in [7, 11) is 2.15. The summed E-state index contributed by atoms with van der Waals surface area (Å²) in [6.07, 6.45) is -1.23. The van der Waals surface area contributed by atoms with E-state index in [0.717, 1.165) is 13.1 Å². The van der Waals surface area contributed by atoms with Gasteiger partial charge < -0.3 is 20.4 Å². The molecule has 0 amide bonds. The lowest BCUT2D eigenvalue weighted by atomic mass is 10.4. The smallest absolute Gasteiger partial charge is 0.332 e. The molecular weight excluding hydrogens is 172 g/mol. The van der Waals surface area contributed by atoms with Crippen molar-refractivity contribution in [2.75, 3.05) is 33.2 Å². The van der Waals surface area contributed by atoms with Gasteiger partial charge in [-0.1, -0.05) is 0 Å². The zero-order valence-corrected chi connectivity index (χ0v) is 8.16. The number of rotatable bonds is 1. The Morgan fingerprint density at radius 2 is 1.85 bits per heavy atom. The molecule has 1 atom stereocenters. The first-order chi connectivity index (χ1) is 6.04. The molecule has 1 fully saturated rings. The Labute approximate surface area is 78.4 Å². The fourth-order valence-electron chi connectivity index (χ4n) is 0.777. The molecule has 0 radical (unpaired) electrons. The SMILES string of the molecule is CC(O)C(=O)O.CN1CCNCC1. The number of carboxylic acids is 1. The van der Waals surface area contributed by atoms with Crippen molar-refractivity contribution in [1.82, 2.24) is 10.2 Å². The van der Waals surface area contributed by atoms with Gasteiger partial charge in [-0.2, -0.15) is 0 Å². The van der Waals surface area contributed by atoms with Gasteiger partial charge in [0.25, 0.3) is 0 Å². The molecule has 0 saturated carbocycles. The van der Waals surface area contributed by atoms with Gasteiger partial charge >= 0.3 is 5.97 Å². The van der Waals surface area contributed by atoms with Crippen LogP contribution in [0.25, 0.3) is 0 Å². The molecule has 1 saturated heterocycles. The van der Waals surface area contributed by atoms with E-state index in [1.807, 2.05) is 0 Å². The topological polar surface area (TPSA) is 72.8 Å². The Balaban J connectivity index is 0.000000226. The number of hydrogen-bond acceptors (Lipinski definition) is 4. The van der Waals surface area contributed by atoms with Gasteiger partial charge in [-0.3, -0.25) is 0 Å². The number of hydrogen-bond donors (Lipinski definition) is 3. The van der Waals surface area contributed by atoms with Crippen LogP contribution in [0.5, 0.6) is 0 Å². The second-order valence-corrected chi connectivity index (χ2v) is 3.07. The monoisotopic (exact) mass is 190 g/mol. The van der Waals surface area contributed by atoms with E-state index in [1.54, 1.807) is 0 Å². The molecule has 1 heterocycles. The van der Waals surface area contributed by atoms with Gasteiger partial charge in [0.05, 0.1) is 0 Å². The zero-order valence-electron chi connectivity index (χ0n) is 8.16. The van der Waals surface area contributed by atoms with Crippen molar-refractivity contribution >= 4 is 5.97 Å². The molecule has 1 aliphatic heterocycles. The Morgan fingerprint density at radius 3 is 2.00 bits per heavy atom. The minimum Gasteiger partial charge on any atom is -0.479 e. The number of nitrogens with one attached hydrogen (secondary N) is 1. The average Bonchev–Trinajstić information content (AvgIpc) is 2.06. The molecular formula is C8H18N2O3. The Bertz CT molecular complexity index is 144. The molecule has 0 bridgehead atoms. The number of piperazine rings is 1. The van der Waals surface area contributed by atoms with Crippen LogP contribution in [0.3, 0.4) is 0 Å². The summed E-state index contributed by atoms with van der Waals surface area (Å²) >= 11 is 0. The van der Waals surface area contributed by atoms with E-state index in [4.69, 9.17) is 10.2 Å². The standard InChI is InChI=1S/C5H12N2.C3H6O3/c1-7-4-2-6-3-5-7;1-2(4)3(5)6/h6H,2-5H2,1H3;2,4H,1H3,(H,5,6). The number of aliphatic hydroxyl groups excluding tert-OH is 1. The van der Waals surface area contributed by atoms with E-state index >= 15 is 0 Å². The minimum atomic E-state index is -1.23. The molecule has 0 aromatic rings. The molecule has 3 N–H and O–H groups in total. The second-order valence-electron chi connectivity index (χ2n) is 3.07. The Kier molecular flexibility index (Phi) is 6.48. The zero-order chi connectivity index (χ0) is 10.3. The van der Waals surface area contributed by atoms with E-state index in [2.05, 4.69) is 17.3 Å². The summed E-state index contributed by atoms with van der Waals surface area (Å²) in [4.78, 5) is 11.8. The van der Waals surface area contributed by atoms with Crippen LogP contribution in [0.2, 0.25) is 0 Å². The van der Waals surface area contributed by atoms with Crippen LogP contribution in [0.15, 0.2) is 0 Å². The minimum absolute atomic E-state index is 1.16. The quantitative estimate of drug-likeness (QED) is 0.493. The molecule has 1 rings (SSSR count). The van der Waals surface area contributed by atoms with Gasteiger partial charge in [0, 0.05) is 26.2 Å². The number of aliphatic hydroxyl groups is 1. The number of likely N-dealkylation sites (N-methyl/N-ethyl adjacent to an activating group) is 1. The van der Waals surface area contributed by atoms with E-state index in [-0.39, 0.29) is 0 Å². The summed E-state index contributed by atoms with van der Waals surface area (Å²) in [6.45, 7) is 5.94. The van der Waals surface area contributed by atoms with Gasteiger partial charge in [0.1, 0.15) is 6.10 Å². The van der Waals surface area contributed by atoms with E-state index in [0.29, 0.717) is 0 Å². The third-order valence-corrected chi connectivity index (χ3v) is 1.70. The molecule has 0 spiro atoms. The summed E-state index contributed by atoms with van der Waals surface area (Å²) in [5.41, 5.74) is 0. The van der Waals surface area contributed by atoms with Crippen LogP contribution < -0.4 is 5.32 Å². The first-order valence-corrected chi connectivity index (χ1v) is 4.34. The van der Waals surface area contributed by atoms with Gasteiger partial charge in [-0.05, 0) is 14.0 Å². The van der Waals surface area contributed by atoms with Crippen LogP contribution in [0, 0.1) is 0 Å². The third kappa shape index (κ3) is 7.70. The highest BCUT2D eigenvalue weighted by Crippen LogP contribution is 1.83. The second kappa shape index (κ2) is 6.82. The molecule has 5 heteroatoms. The third-order valence-electron chi connectivity index (χ3n) is 1.70. The highest BCUT2D eigenvalue weighted by Gasteiger charge is 2.01. The van der Waals surface area contributed by atoms with Gasteiger partial charge in [-0.25, -0.2) is 4.79 Å². The lowest BCUT2D eigenvalue weighted by Gasteiger charge is -2.21. The van der Waals surface area contributed by atoms with Crippen LogP contribution in [-0.2, 0) is 4.79 Å². The number of nitrogens with zero attached hydrogens (tertiary/aromatic N) is 1. The van der Waals surface area contributed by atoms with Crippen molar-refractivity contribution in [2.45, 2.75) is 13.0 Å². The van der Waals surface area contributed by atoms with Crippen LogP contribution in [0.1, 0.15) is 6.92 Å². The maximum absolute atomic E-state index is 9.45. The van der Waals surface area contributed by atoms with E-state index in [9.17, 15) is 4.79 Å². The highest BCUT2D eigenvalue weighted by molar-refractivity contribution is 5.71. The first kappa shape index (κ1) is 12.3. The van der Waals surface area contributed by atoms with Crippen molar-refractivity contribution in [3.8, 4) is 0 Å². The van der Waals surface area contributed by atoms with Crippen molar-refractivity contribution in [1.29, 1.82) is 0 Å². The molecule has 78 valence electrons. The predicted molar refractivity (Wildman–Crippen MR) is 49.7 cm³/mol. The van der Waals surface area contributed by atoms with Crippen molar-refractivity contribution in [3.05, 3.63) is 0 Å². The fourth-order valence-corrected chi connectivity index (χ4v) is 0.777. The lowest BCUT2D eigenvalue weighted by Crippen LogP contribution is -2.40. The van der Waals surface area contributed by atoms with Crippen LogP contribution >= 0.6 is 0 Å². The molecule has 1 unspecified atom stereocenters. The number of carbonyl (C=O) groups is 1. The Morgan fingerprint density at radius 1 is 1.46 bits per heavy atom. The largest absolute Gasteiger partial charge is 0.479 e. The molecule has 1 aliphatic rings. The van der Waals surface area contributed by atoms with Gasteiger partial charge in [-0.15, -0.1) is 0 Å². The van der Waals surface area contributed by atoms with Gasteiger partial charge in [0.2, 0.25) is 0 Å². The van der Waals surface area contributed by atoms with Crippen LogP contribution in [-0.4, -0.2) is 60.4 Å². The molecule has 0 aromatic carbocycles. The predicted octanol–water partition coefficient (Wildman–Crippen LogP) is -1.03. The number of carboxylic acid groups (broad SMARTS) is 1. The van der Waals surface area contributed by atoms with Crippen molar-refractivity contribution < 1.29 is 15.0 Å². The van der Waals surface area contributed by atoms with E-state index in [1.165, 1.54) is 20.0 Å². The summed E-state index contributed by atoms with van der Waals surface area (Å²) in [5.74, 6) is -1.19. The lowest BCUT2D eigenvalue weighted by molar-refractivity contribution is -0.145. The number of aliphatic carboxylic acids is 1. The fraction of sp³-hybridized carbons (Fsp3) is 0.875. The van der Waals surface area contributed by atoms with Gasteiger partial charge in [0.15, 0.2) is 0 Å². The molecule has 0 aliphatic carbocycles. The summed E-state index contributed by atoms with van der Waals surface area (Å²) in [6, 6.07) is 0. The normalized spacial score (nSPS) is 19.9. The molecule has 5 nitrogen and oxygen atoms in total. The van der Waals surface area contributed by atoms with Crippen molar-refractivity contribution in [3.63, 3.8) is 0 Å². The molecule has 13 heavy (non-hydrogen) atoms.